The van der Waals surface area contributed by atoms with Crippen LogP contribution in [-0.2, 0) is 6.54 Å². The van der Waals surface area contributed by atoms with Gasteiger partial charge in [-0.1, -0.05) is 0 Å². The van der Waals surface area contributed by atoms with E-state index in [1.165, 1.54) is 0 Å². The molecular weight excluding hydrogens is 316 g/mol. The van der Waals surface area contributed by atoms with E-state index >= 15 is 0 Å². The molecule has 0 radical (unpaired) electrons. The zero-order chi connectivity index (χ0) is 13.0. The lowest BCUT2D eigenvalue weighted by molar-refractivity contribution is 0.117. The van der Waals surface area contributed by atoms with Crippen molar-refractivity contribution >= 4 is 33.3 Å². The van der Waals surface area contributed by atoms with E-state index < -0.39 is 0 Å². The smallest absolute Gasteiger partial charge is 0.315 e. The van der Waals surface area contributed by atoms with E-state index in [0.29, 0.717) is 6.54 Å². The lowest BCUT2D eigenvalue weighted by atomic mass is 9.93. The summed E-state index contributed by atoms with van der Waals surface area (Å²) in [5.74, 6) is 0. The van der Waals surface area contributed by atoms with Crippen LogP contribution in [0.2, 0.25) is 0 Å². The average molecular weight is 333 g/mol. The predicted octanol–water partition coefficient (Wildman–Crippen LogP) is 2.61. The van der Waals surface area contributed by atoms with Crippen LogP contribution in [0.5, 0.6) is 0 Å². The third-order valence-corrected chi connectivity index (χ3v) is 4.71. The molecule has 1 aliphatic carbocycles. The van der Waals surface area contributed by atoms with E-state index in [2.05, 4.69) is 26.6 Å². The third kappa shape index (κ3) is 4.26. The van der Waals surface area contributed by atoms with Gasteiger partial charge in [0.15, 0.2) is 0 Å². The molecule has 1 aromatic rings. The Morgan fingerprint density at radius 2 is 2.11 bits per heavy atom. The van der Waals surface area contributed by atoms with Crippen molar-refractivity contribution in [2.45, 2.75) is 44.4 Å². The molecule has 0 aromatic carbocycles. The van der Waals surface area contributed by atoms with Crippen molar-refractivity contribution in [3.8, 4) is 0 Å². The number of nitrogens with one attached hydrogen (secondary N) is 2. The maximum absolute atomic E-state index is 11.7. The molecular formula is C12H17BrN2O2S. The van der Waals surface area contributed by atoms with Gasteiger partial charge in [0.25, 0.3) is 0 Å². The van der Waals surface area contributed by atoms with Gasteiger partial charge >= 0.3 is 6.03 Å². The normalized spacial score (nSPS) is 23.7. The molecule has 0 atom stereocenters. The van der Waals surface area contributed by atoms with Gasteiger partial charge in [-0.25, -0.2) is 4.79 Å². The van der Waals surface area contributed by atoms with E-state index in [1.54, 1.807) is 11.3 Å². The van der Waals surface area contributed by atoms with Crippen LogP contribution in [0.4, 0.5) is 4.79 Å². The van der Waals surface area contributed by atoms with Crippen LogP contribution in [0, 0.1) is 0 Å². The molecule has 2 rings (SSSR count). The second-order valence-corrected chi connectivity index (χ2v) is 7.09. The summed E-state index contributed by atoms with van der Waals surface area (Å²) in [5, 5.41) is 15.2. The molecule has 1 saturated carbocycles. The number of carbonyl (C=O) groups is 1. The molecule has 100 valence electrons. The topological polar surface area (TPSA) is 61.4 Å². The van der Waals surface area contributed by atoms with E-state index in [4.69, 9.17) is 0 Å². The van der Waals surface area contributed by atoms with Crippen LogP contribution in [0.3, 0.4) is 0 Å². The quantitative estimate of drug-likeness (QED) is 0.796. The molecule has 1 aromatic heterocycles. The minimum Gasteiger partial charge on any atom is -0.393 e. The maximum Gasteiger partial charge on any atom is 0.315 e. The number of amides is 2. The molecule has 6 heteroatoms. The first-order chi connectivity index (χ1) is 8.63. The van der Waals surface area contributed by atoms with Gasteiger partial charge in [0.1, 0.15) is 0 Å². The van der Waals surface area contributed by atoms with Crippen molar-refractivity contribution in [1.29, 1.82) is 0 Å². The Morgan fingerprint density at radius 1 is 1.39 bits per heavy atom. The molecule has 1 heterocycles. The molecule has 1 fully saturated rings. The Bertz CT molecular complexity index is 403. The monoisotopic (exact) mass is 332 g/mol. The number of hydrogen-bond donors (Lipinski definition) is 3. The number of halogens is 1. The van der Waals surface area contributed by atoms with Crippen molar-refractivity contribution in [2.75, 3.05) is 0 Å². The number of carbonyl (C=O) groups excluding carboxylic acids is 1. The number of thiophene rings is 1. The Kier molecular flexibility index (Phi) is 5.03. The van der Waals surface area contributed by atoms with Gasteiger partial charge in [-0.05, 0) is 53.7 Å². The molecule has 1 aliphatic rings. The van der Waals surface area contributed by atoms with E-state index in [9.17, 15) is 9.90 Å². The Morgan fingerprint density at radius 3 is 2.72 bits per heavy atom. The van der Waals surface area contributed by atoms with Crippen LogP contribution in [-0.4, -0.2) is 23.3 Å². The fraction of sp³-hybridized carbons (Fsp3) is 0.583. The molecule has 2 amide bonds. The van der Waals surface area contributed by atoms with Crippen LogP contribution in [0.25, 0.3) is 0 Å². The number of aliphatic hydroxyl groups is 1. The van der Waals surface area contributed by atoms with Crippen molar-refractivity contribution in [3.05, 3.63) is 20.8 Å². The minimum atomic E-state index is -0.186. The Hall–Kier alpha value is -0.590. The summed E-state index contributed by atoms with van der Waals surface area (Å²) in [6.45, 7) is 0.553. The molecule has 3 N–H and O–H groups in total. The number of urea groups is 1. The van der Waals surface area contributed by atoms with E-state index in [-0.39, 0.29) is 18.2 Å². The summed E-state index contributed by atoms with van der Waals surface area (Å²) in [7, 11) is 0. The fourth-order valence-corrected chi connectivity index (χ4v) is 3.49. The zero-order valence-electron chi connectivity index (χ0n) is 9.99. The van der Waals surface area contributed by atoms with Crippen molar-refractivity contribution < 1.29 is 9.90 Å². The van der Waals surface area contributed by atoms with Gasteiger partial charge in [0.05, 0.1) is 16.4 Å². The largest absolute Gasteiger partial charge is 0.393 e. The highest BCUT2D eigenvalue weighted by Gasteiger charge is 2.20. The van der Waals surface area contributed by atoms with Gasteiger partial charge in [0.2, 0.25) is 0 Å². The SMILES string of the molecule is O=C(NCc1ccc(Br)s1)NC1CCC(O)CC1. The first kappa shape index (κ1) is 13.8. The van der Waals surface area contributed by atoms with Crippen LogP contribution < -0.4 is 10.6 Å². The van der Waals surface area contributed by atoms with E-state index in [1.807, 2.05) is 12.1 Å². The van der Waals surface area contributed by atoms with Gasteiger partial charge in [-0.3, -0.25) is 0 Å². The maximum atomic E-state index is 11.7. The summed E-state index contributed by atoms with van der Waals surface area (Å²) >= 11 is 5.01. The number of hydrogen-bond acceptors (Lipinski definition) is 3. The van der Waals surface area contributed by atoms with Crippen molar-refractivity contribution in [1.82, 2.24) is 10.6 Å². The molecule has 0 aliphatic heterocycles. The molecule has 0 unspecified atom stereocenters. The van der Waals surface area contributed by atoms with Crippen molar-refractivity contribution in [3.63, 3.8) is 0 Å². The Labute approximate surface area is 119 Å². The predicted molar refractivity (Wildman–Crippen MR) is 75.7 cm³/mol. The first-order valence-corrected chi connectivity index (χ1v) is 7.71. The summed E-state index contributed by atoms with van der Waals surface area (Å²) in [6, 6.07) is 4.04. The lowest BCUT2D eigenvalue weighted by Gasteiger charge is -2.26. The van der Waals surface area contributed by atoms with Gasteiger partial charge in [-0.2, -0.15) is 0 Å². The molecule has 18 heavy (non-hydrogen) atoms. The molecule has 0 saturated heterocycles. The Balaban J connectivity index is 1.69. The minimum absolute atomic E-state index is 0.124. The zero-order valence-corrected chi connectivity index (χ0v) is 12.4. The highest BCUT2D eigenvalue weighted by atomic mass is 79.9. The van der Waals surface area contributed by atoms with Crippen LogP contribution in [0.15, 0.2) is 15.9 Å². The fourth-order valence-electron chi connectivity index (χ4n) is 2.07. The second-order valence-electron chi connectivity index (χ2n) is 4.54. The second kappa shape index (κ2) is 6.54. The lowest BCUT2D eigenvalue weighted by Crippen LogP contribution is -2.43. The molecule has 0 spiro atoms. The highest BCUT2D eigenvalue weighted by molar-refractivity contribution is 9.11. The van der Waals surface area contributed by atoms with Gasteiger partial charge in [0, 0.05) is 10.9 Å². The van der Waals surface area contributed by atoms with Gasteiger partial charge in [-0.15, -0.1) is 11.3 Å². The molecule has 0 bridgehead atoms. The van der Waals surface area contributed by atoms with Crippen molar-refractivity contribution in [2.24, 2.45) is 0 Å². The molecule has 4 nitrogen and oxygen atoms in total. The standard InChI is InChI=1S/C12H17BrN2O2S/c13-11-6-5-10(18-11)7-14-12(17)15-8-1-3-9(16)4-2-8/h5-6,8-9,16H,1-4,7H2,(H2,14,15,17). The van der Waals surface area contributed by atoms with Crippen LogP contribution >= 0.6 is 27.3 Å². The number of aliphatic hydroxyl groups excluding tert-OH is 1. The number of rotatable bonds is 3. The van der Waals surface area contributed by atoms with Gasteiger partial charge < -0.3 is 15.7 Å². The third-order valence-electron chi connectivity index (χ3n) is 3.08. The summed E-state index contributed by atoms with van der Waals surface area (Å²) in [6.07, 6.45) is 3.10. The average Bonchev–Trinajstić information content (AvgIpc) is 2.76. The summed E-state index contributed by atoms with van der Waals surface area (Å²) in [5.41, 5.74) is 0. The first-order valence-electron chi connectivity index (χ1n) is 6.10. The summed E-state index contributed by atoms with van der Waals surface area (Å²) in [4.78, 5) is 12.8. The highest BCUT2D eigenvalue weighted by Crippen LogP contribution is 2.22. The van der Waals surface area contributed by atoms with Crippen LogP contribution in [0.1, 0.15) is 30.6 Å². The summed E-state index contributed by atoms with van der Waals surface area (Å²) < 4.78 is 1.07. The van der Waals surface area contributed by atoms with E-state index in [0.717, 1.165) is 34.3 Å².